The zero-order valence-corrected chi connectivity index (χ0v) is 23.6. The van der Waals surface area contributed by atoms with Gasteiger partial charge in [0, 0.05) is 55.0 Å². The SMILES string of the molecule is N[C@@H]1c2cccnc2CC12CCN(c1cnc(Sc3ccc4ncn(CC5CCOC5)c(=O)c4c3Cl)cn1)CC2. The fourth-order valence-corrected chi connectivity index (χ4v) is 7.48. The minimum Gasteiger partial charge on any atom is -0.381 e. The second-order valence-electron chi connectivity index (χ2n) is 11.1. The van der Waals surface area contributed by atoms with Gasteiger partial charge >= 0.3 is 0 Å². The molecule has 11 heteroatoms. The Morgan fingerprint density at radius 3 is 2.75 bits per heavy atom. The molecular formula is C29H30ClN7O2S. The molecule has 3 aromatic heterocycles. The molecule has 2 aliphatic heterocycles. The Hall–Kier alpha value is -3.05. The molecule has 0 radical (unpaired) electrons. The monoisotopic (exact) mass is 575 g/mol. The molecule has 1 aromatic carbocycles. The van der Waals surface area contributed by atoms with Gasteiger partial charge in [-0.25, -0.2) is 15.0 Å². The minimum atomic E-state index is -0.130. The van der Waals surface area contributed by atoms with E-state index in [1.54, 1.807) is 17.1 Å². The summed E-state index contributed by atoms with van der Waals surface area (Å²) < 4.78 is 7.11. The molecule has 1 spiro atoms. The van der Waals surface area contributed by atoms with Crippen molar-refractivity contribution in [1.82, 2.24) is 24.5 Å². The minimum absolute atomic E-state index is 0.0333. The first-order chi connectivity index (χ1) is 19.5. The van der Waals surface area contributed by atoms with Crippen LogP contribution in [0.5, 0.6) is 0 Å². The maximum absolute atomic E-state index is 13.3. The second-order valence-corrected chi connectivity index (χ2v) is 12.5. The van der Waals surface area contributed by atoms with E-state index < -0.39 is 0 Å². The highest BCUT2D eigenvalue weighted by Crippen LogP contribution is 2.50. The molecule has 2 atom stereocenters. The van der Waals surface area contributed by atoms with Crippen LogP contribution in [0.25, 0.3) is 10.9 Å². The van der Waals surface area contributed by atoms with Crippen LogP contribution in [0.1, 0.15) is 36.6 Å². The summed E-state index contributed by atoms with van der Waals surface area (Å²) in [4.78, 5) is 34.8. The Balaban J connectivity index is 1.05. The number of ether oxygens (including phenoxy) is 1. The lowest BCUT2D eigenvalue weighted by Crippen LogP contribution is -2.44. The summed E-state index contributed by atoms with van der Waals surface area (Å²) in [6, 6.07) is 7.85. The number of pyridine rings is 1. The van der Waals surface area contributed by atoms with E-state index in [-0.39, 0.29) is 17.0 Å². The molecule has 4 aromatic rings. The molecule has 206 valence electrons. The van der Waals surface area contributed by atoms with Crippen LogP contribution in [-0.2, 0) is 17.7 Å². The molecule has 2 N–H and O–H groups in total. The number of nitrogens with zero attached hydrogens (tertiary/aromatic N) is 6. The number of benzene rings is 1. The van der Waals surface area contributed by atoms with Crippen molar-refractivity contribution >= 4 is 40.1 Å². The zero-order valence-electron chi connectivity index (χ0n) is 22.0. The van der Waals surface area contributed by atoms with Crippen LogP contribution in [0, 0.1) is 11.3 Å². The van der Waals surface area contributed by atoms with Gasteiger partial charge in [-0.3, -0.25) is 14.3 Å². The number of halogens is 1. The molecule has 3 aliphatic rings. The number of hydrogen-bond acceptors (Lipinski definition) is 9. The highest BCUT2D eigenvalue weighted by atomic mass is 35.5. The Morgan fingerprint density at radius 1 is 1.12 bits per heavy atom. The van der Waals surface area contributed by atoms with Crippen LogP contribution in [0.3, 0.4) is 0 Å². The summed E-state index contributed by atoms with van der Waals surface area (Å²) in [6.45, 7) is 3.74. The molecule has 1 unspecified atom stereocenters. The van der Waals surface area contributed by atoms with Crippen molar-refractivity contribution < 1.29 is 4.74 Å². The molecule has 2 fully saturated rings. The predicted octanol–water partition coefficient (Wildman–Crippen LogP) is 4.27. The number of hydrogen-bond donors (Lipinski definition) is 1. The van der Waals surface area contributed by atoms with E-state index in [0.29, 0.717) is 40.0 Å². The first-order valence-corrected chi connectivity index (χ1v) is 14.9. The third kappa shape index (κ3) is 4.56. The summed E-state index contributed by atoms with van der Waals surface area (Å²) in [5.74, 6) is 1.17. The van der Waals surface area contributed by atoms with E-state index in [4.69, 9.17) is 27.1 Å². The van der Waals surface area contributed by atoms with Crippen LogP contribution in [-0.4, -0.2) is 50.8 Å². The summed E-state index contributed by atoms with van der Waals surface area (Å²) in [7, 11) is 0. The highest BCUT2D eigenvalue weighted by molar-refractivity contribution is 7.99. The van der Waals surface area contributed by atoms with Crippen LogP contribution in [0.2, 0.25) is 5.02 Å². The lowest BCUT2D eigenvalue weighted by molar-refractivity contribution is 0.182. The average Bonchev–Trinajstić information content (AvgIpc) is 3.59. The number of piperidine rings is 1. The van der Waals surface area contributed by atoms with Gasteiger partial charge in [-0.2, -0.15) is 0 Å². The lowest BCUT2D eigenvalue weighted by atomic mass is 9.73. The van der Waals surface area contributed by atoms with Gasteiger partial charge in [0.25, 0.3) is 5.56 Å². The number of fused-ring (bicyclic) bond motifs is 2. The van der Waals surface area contributed by atoms with Crippen molar-refractivity contribution in [3.63, 3.8) is 0 Å². The van der Waals surface area contributed by atoms with Gasteiger partial charge in [0.15, 0.2) is 0 Å². The Bertz CT molecular complexity index is 1620. The second kappa shape index (κ2) is 10.4. The van der Waals surface area contributed by atoms with Gasteiger partial charge in [0.2, 0.25) is 0 Å². The van der Waals surface area contributed by atoms with Gasteiger partial charge in [-0.1, -0.05) is 29.4 Å². The van der Waals surface area contributed by atoms with E-state index >= 15 is 0 Å². The summed E-state index contributed by atoms with van der Waals surface area (Å²) in [5.41, 5.74) is 9.58. The summed E-state index contributed by atoms with van der Waals surface area (Å²) in [5, 5.41) is 1.54. The third-order valence-corrected chi connectivity index (χ3v) is 10.2. The van der Waals surface area contributed by atoms with Crippen molar-refractivity contribution in [2.45, 2.75) is 48.2 Å². The normalized spacial score (nSPS) is 21.8. The Morgan fingerprint density at radius 2 is 2.00 bits per heavy atom. The number of aromatic nitrogens is 5. The largest absolute Gasteiger partial charge is 0.381 e. The smallest absolute Gasteiger partial charge is 0.262 e. The van der Waals surface area contributed by atoms with Crippen molar-refractivity contribution in [2.75, 3.05) is 31.2 Å². The fourth-order valence-electron chi connectivity index (χ4n) is 6.36. The van der Waals surface area contributed by atoms with Crippen LogP contribution in [0.4, 0.5) is 5.82 Å². The van der Waals surface area contributed by atoms with Gasteiger partial charge in [0.1, 0.15) is 10.8 Å². The van der Waals surface area contributed by atoms with Crippen LogP contribution >= 0.6 is 23.4 Å². The first-order valence-electron chi connectivity index (χ1n) is 13.7. The molecule has 1 aliphatic carbocycles. The van der Waals surface area contributed by atoms with Crippen molar-refractivity contribution in [1.29, 1.82) is 0 Å². The van der Waals surface area contributed by atoms with E-state index in [1.807, 2.05) is 30.6 Å². The topological polar surface area (TPSA) is 112 Å². The molecule has 7 rings (SSSR count). The molecule has 0 saturated carbocycles. The van der Waals surface area contributed by atoms with Crippen molar-refractivity contribution in [2.24, 2.45) is 17.1 Å². The zero-order chi connectivity index (χ0) is 27.3. The van der Waals surface area contributed by atoms with Crippen molar-refractivity contribution in [3.8, 4) is 0 Å². The summed E-state index contributed by atoms with van der Waals surface area (Å²) in [6.07, 6.45) is 10.9. The molecular weight excluding hydrogens is 546 g/mol. The fraction of sp³-hybridized carbons (Fsp3) is 0.414. The maximum atomic E-state index is 13.3. The van der Waals surface area contributed by atoms with E-state index in [0.717, 1.165) is 61.8 Å². The molecule has 9 nitrogen and oxygen atoms in total. The van der Waals surface area contributed by atoms with Crippen LogP contribution in [0.15, 0.2) is 63.9 Å². The number of nitrogens with two attached hydrogens (primary N) is 1. The average molecular weight is 576 g/mol. The molecule has 2 saturated heterocycles. The van der Waals surface area contributed by atoms with Gasteiger partial charge < -0.3 is 15.4 Å². The van der Waals surface area contributed by atoms with Gasteiger partial charge in [0.05, 0.1) is 41.3 Å². The molecule has 0 amide bonds. The van der Waals surface area contributed by atoms with Crippen LogP contribution < -0.4 is 16.2 Å². The number of anilines is 1. The van der Waals surface area contributed by atoms with E-state index in [9.17, 15) is 4.79 Å². The first kappa shape index (κ1) is 25.9. The summed E-state index contributed by atoms with van der Waals surface area (Å²) >= 11 is 8.17. The lowest BCUT2D eigenvalue weighted by Gasteiger charge is -2.42. The maximum Gasteiger partial charge on any atom is 0.262 e. The van der Waals surface area contributed by atoms with Gasteiger partial charge in [-0.15, -0.1) is 0 Å². The quantitative estimate of drug-likeness (QED) is 0.373. The third-order valence-electron chi connectivity index (χ3n) is 8.73. The predicted molar refractivity (Wildman–Crippen MR) is 155 cm³/mol. The van der Waals surface area contributed by atoms with E-state index in [1.165, 1.54) is 17.3 Å². The number of rotatable bonds is 5. The molecule has 5 heterocycles. The molecule has 0 bridgehead atoms. The standard InChI is InChI=1S/C29H30ClN7O2S/c30-26-22(4-3-20-25(26)28(38)37(17-35-20)15-18-5-11-39-16-18)40-24-14-33-23(13-34-24)36-9-6-29(7-10-36)12-21-19(27(29)31)2-1-8-32-21/h1-4,8,13-14,17-18,27H,5-7,9-12,15-16,31H2/t18?,27-/m1/s1. The molecule has 40 heavy (non-hydrogen) atoms. The van der Waals surface area contributed by atoms with E-state index in [2.05, 4.69) is 25.9 Å². The van der Waals surface area contributed by atoms with Crippen molar-refractivity contribution in [3.05, 3.63) is 75.8 Å². The van der Waals surface area contributed by atoms with Gasteiger partial charge in [-0.05, 0) is 54.9 Å². The Kier molecular flexibility index (Phi) is 6.74. The highest BCUT2D eigenvalue weighted by Gasteiger charge is 2.46. The Labute approximate surface area is 241 Å².